The second-order valence-corrected chi connectivity index (χ2v) is 11.0. The van der Waals surface area contributed by atoms with Gasteiger partial charge in [0.15, 0.2) is 0 Å². The predicted molar refractivity (Wildman–Crippen MR) is 135 cm³/mol. The lowest BCUT2D eigenvalue weighted by molar-refractivity contribution is -0.126. The molecule has 3 atom stereocenters. The number of fused-ring (bicyclic) bond motifs is 1. The summed E-state index contributed by atoms with van der Waals surface area (Å²) in [5.41, 5.74) is 6.94. The average Bonchev–Trinajstić information content (AvgIpc) is 3.44. The molecule has 3 rings (SSSR count). The van der Waals surface area contributed by atoms with Crippen LogP contribution < -0.4 is 21.1 Å². The zero-order chi connectivity index (χ0) is 26.3. The Morgan fingerprint density at radius 1 is 1.19 bits per heavy atom. The number of aromatic nitrogens is 1. The van der Waals surface area contributed by atoms with Crippen molar-refractivity contribution in [3.8, 4) is 0 Å². The van der Waals surface area contributed by atoms with Gasteiger partial charge in [-0.1, -0.05) is 24.6 Å². The Bertz CT molecular complexity index is 1190. The molecule has 0 aliphatic heterocycles. The topological polar surface area (TPSA) is 173 Å². The van der Waals surface area contributed by atoms with Gasteiger partial charge in [0.25, 0.3) is 5.91 Å². The quantitative estimate of drug-likeness (QED) is 0.264. The van der Waals surface area contributed by atoms with E-state index in [1.54, 1.807) is 17.7 Å². The maximum atomic E-state index is 13.2. The summed E-state index contributed by atoms with van der Waals surface area (Å²) in [6, 6.07) is 7.91. The largest absolute Gasteiger partial charge is 0.396 e. The van der Waals surface area contributed by atoms with Gasteiger partial charge in [-0.3, -0.25) is 19.1 Å². The highest BCUT2D eigenvalue weighted by molar-refractivity contribution is 7.90. The summed E-state index contributed by atoms with van der Waals surface area (Å²) in [7, 11) is -2.09. The van der Waals surface area contributed by atoms with Crippen molar-refractivity contribution in [3.05, 3.63) is 36.0 Å². The fourth-order valence-corrected chi connectivity index (χ4v) is 5.66. The smallest absolute Gasteiger partial charge is 0.268 e. The van der Waals surface area contributed by atoms with E-state index in [4.69, 9.17) is 10.8 Å². The summed E-state index contributed by atoms with van der Waals surface area (Å²) in [6.45, 7) is 0.0414. The van der Waals surface area contributed by atoms with Gasteiger partial charge in [0.2, 0.25) is 21.8 Å². The first kappa shape index (κ1) is 27.6. The van der Waals surface area contributed by atoms with Crippen molar-refractivity contribution in [1.82, 2.24) is 19.9 Å². The second-order valence-electron chi connectivity index (χ2n) is 9.12. The molecule has 1 aliphatic rings. The molecule has 11 nitrogen and oxygen atoms in total. The van der Waals surface area contributed by atoms with Crippen LogP contribution in [0.1, 0.15) is 49.0 Å². The standard InChI is InChI=1S/C24H35N5O6S/c1-29-20-11-3-2-7-16(20)15-21(29)24(33)27-19(10-5-12-25)23(32)26-18-9-4-8-17(18)22(31)28-36(34,35)14-6-13-30/h2-3,7,11,15,17-19,30H,4-6,8-10,12-14,25H2,1H3,(H,26,32)(H,27,33)(H,28,31)/t17-,18+,19+/m1/s1. The van der Waals surface area contributed by atoms with E-state index in [0.29, 0.717) is 44.3 Å². The number of carbonyl (C=O) groups excluding carboxylic acids is 3. The molecule has 0 bridgehead atoms. The van der Waals surface area contributed by atoms with Crippen molar-refractivity contribution >= 4 is 38.6 Å². The molecule has 0 unspecified atom stereocenters. The van der Waals surface area contributed by atoms with Crippen LogP contribution in [0.4, 0.5) is 0 Å². The summed E-state index contributed by atoms with van der Waals surface area (Å²) in [4.78, 5) is 38.9. The van der Waals surface area contributed by atoms with E-state index >= 15 is 0 Å². The third-order valence-corrected chi connectivity index (χ3v) is 7.85. The fourth-order valence-electron chi connectivity index (χ4n) is 4.59. The van der Waals surface area contributed by atoms with Crippen molar-refractivity contribution in [2.45, 2.75) is 50.6 Å². The second kappa shape index (κ2) is 12.3. The Morgan fingerprint density at radius 2 is 1.94 bits per heavy atom. The first-order chi connectivity index (χ1) is 17.2. The van der Waals surface area contributed by atoms with Crippen LogP contribution in [0.2, 0.25) is 0 Å². The number of aliphatic hydroxyl groups is 1. The minimum atomic E-state index is -3.87. The Morgan fingerprint density at radius 3 is 2.64 bits per heavy atom. The lowest BCUT2D eigenvalue weighted by Crippen LogP contribution is -2.52. The van der Waals surface area contributed by atoms with Crippen LogP contribution in [-0.4, -0.2) is 66.8 Å². The third-order valence-electron chi connectivity index (χ3n) is 6.51. The lowest BCUT2D eigenvalue weighted by atomic mass is 10.0. The number of nitrogens with zero attached hydrogens (tertiary/aromatic N) is 1. The van der Waals surface area contributed by atoms with Crippen molar-refractivity contribution in [1.29, 1.82) is 0 Å². The minimum absolute atomic E-state index is 0.0205. The number of hydrogen-bond acceptors (Lipinski definition) is 7. The van der Waals surface area contributed by atoms with E-state index < -0.39 is 45.7 Å². The number of aryl methyl sites for hydroxylation is 1. The minimum Gasteiger partial charge on any atom is -0.396 e. The third kappa shape index (κ3) is 6.83. The summed E-state index contributed by atoms with van der Waals surface area (Å²) in [5, 5.41) is 15.4. The van der Waals surface area contributed by atoms with Gasteiger partial charge < -0.3 is 26.0 Å². The number of nitrogens with one attached hydrogen (secondary N) is 3. The van der Waals surface area contributed by atoms with Crippen LogP contribution in [0, 0.1) is 5.92 Å². The molecule has 1 fully saturated rings. The van der Waals surface area contributed by atoms with Crippen LogP contribution >= 0.6 is 0 Å². The number of nitrogens with two attached hydrogens (primary N) is 1. The lowest BCUT2D eigenvalue weighted by Gasteiger charge is -2.24. The van der Waals surface area contributed by atoms with Crippen LogP contribution in [0.5, 0.6) is 0 Å². The van der Waals surface area contributed by atoms with Crippen LogP contribution in [-0.2, 0) is 26.7 Å². The maximum Gasteiger partial charge on any atom is 0.268 e. The molecule has 0 radical (unpaired) electrons. The summed E-state index contributed by atoms with van der Waals surface area (Å²) in [6.07, 6.45) is 2.44. The van der Waals surface area contributed by atoms with E-state index in [9.17, 15) is 22.8 Å². The molecule has 1 heterocycles. The molecule has 6 N–H and O–H groups in total. The number of carbonyl (C=O) groups is 3. The molecule has 1 saturated carbocycles. The molecule has 3 amide bonds. The first-order valence-corrected chi connectivity index (χ1v) is 13.8. The molecular formula is C24H35N5O6S. The molecule has 0 spiro atoms. The number of para-hydroxylation sites is 1. The highest BCUT2D eigenvalue weighted by atomic mass is 32.2. The zero-order valence-electron chi connectivity index (χ0n) is 20.4. The SMILES string of the molecule is Cn1c(C(=O)N[C@@H](CCCN)C(=O)N[C@H]2CCC[C@H]2C(=O)NS(=O)(=O)CCCO)cc2ccccc21. The number of benzene rings is 1. The highest BCUT2D eigenvalue weighted by Gasteiger charge is 2.37. The normalized spacial score (nSPS) is 18.6. The number of rotatable bonds is 12. The van der Waals surface area contributed by atoms with Crippen LogP contribution in [0.15, 0.2) is 30.3 Å². The van der Waals surface area contributed by atoms with E-state index in [1.165, 1.54) is 0 Å². The van der Waals surface area contributed by atoms with Gasteiger partial charge in [-0.15, -0.1) is 0 Å². The van der Waals surface area contributed by atoms with E-state index in [1.807, 2.05) is 24.3 Å². The number of aliphatic hydroxyl groups excluding tert-OH is 1. The van der Waals surface area contributed by atoms with Crippen molar-refractivity contribution in [2.75, 3.05) is 18.9 Å². The molecular weight excluding hydrogens is 486 g/mol. The zero-order valence-corrected chi connectivity index (χ0v) is 21.2. The van der Waals surface area contributed by atoms with Gasteiger partial charge in [-0.05, 0) is 50.8 Å². The molecule has 198 valence electrons. The number of amides is 3. The van der Waals surface area contributed by atoms with E-state index in [-0.39, 0.29) is 18.8 Å². The van der Waals surface area contributed by atoms with Gasteiger partial charge in [-0.25, -0.2) is 8.42 Å². The maximum absolute atomic E-state index is 13.2. The molecule has 2 aromatic rings. The Hall–Kier alpha value is -2.96. The number of hydrogen-bond donors (Lipinski definition) is 5. The van der Waals surface area contributed by atoms with Gasteiger partial charge in [0, 0.05) is 30.6 Å². The monoisotopic (exact) mass is 521 g/mol. The van der Waals surface area contributed by atoms with Crippen molar-refractivity contribution in [3.63, 3.8) is 0 Å². The molecule has 36 heavy (non-hydrogen) atoms. The molecule has 1 aromatic heterocycles. The molecule has 0 saturated heterocycles. The van der Waals surface area contributed by atoms with Gasteiger partial charge >= 0.3 is 0 Å². The average molecular weight is 522 g/mol. The first-order valence-electron chi connectivity index (χ1n) is 12.2. The van der Waals surface area contributed by atoms with Gasteiger partial charge in [0.1, 0.15) is 11.7 Å². The summed E-state index contributed by atoms with van der Waals surface area (Å²) < 4.78 is 28.0. The summed E-state index contributed by atoms with van der Waals surface area (Å²) >= 11 is 0. The molecule has 1 aromatic carbocycles. The Labute approximate surface area is 210 Å². The van der Waals surface area contributed by atoms with Crippen LogP contribution in [0.25, 0.3) is 10.9 Å². The van der Waals surface area contributed by atoms with Crippen LogP contribution in [0.3, 0.4) is 0 Å². The van der Waals surface area contributed by atoms with E-state index in [0.717, 1.165) is 10.9 Å². The molecule has 12 heteroatoms. The summed E-state index contributed by atoms with van der Waals surface area (Å²) in [5.74, 6) is -2.58. The Balaban J connectivity index is 1.68. The van der Waals surface area contributed by atoms with Crippen molar-refractivity contribution in [2.24, 2.45) is 18.7 Å². The number of sulfonamides is 1. The Kier molecular flexibility index (Phi) is 9.46. The van der Waals surface area contributed by atoms with Gasteiger partial charge in [0.05, 0.1) is 11.7 Å². The highest BCUT2D eigenvalue weighted by Crippen LogP contribution is 2.26. The van der Waals surface area contributed by atoms with Crippen molar-refractivity contribution < 1.29 is 27.9 Å². The molecule has 1 aliphatic carbocycles. The van der Waals surface area contributed by atoms with Gasteiger partial charge in [-0.2, -0.15) is 0 Å². The predicted octanol–water partition coefficient (Wildman–Crippen LogP) is 0.129. The fraction of sp³-hybridized carbons (Fsp3) is 0.542. The van der Waals surface area contributed by atoms with E-state index in [2.05, 4.69) is 15.4 Å².